The van der Waals surface area contributed by atoms with Crippen LogP contribution in [0.4, 0.5) is 5.69 Å². The number of carbonyl (C=O) groups excluding carboxylic acids is 1. The minimum Gasteiger partial charge on any atom is -0.352 e. The van der Waals surface area contributed by atoms with Gasteiger partial charge in [0.25, 0.3) is 15.9 Å². The molecule has 0 radical (unpaired) electrons. The average Bonchev–Trinajstić information content (AvgIpc) is 3.16. The van der Waals surface area contributed by atoms with Crippen molar-refractivity contribution >= 4 is 33.0 Å². The standard InChI is InChI=1S/C19H18N2O3S2/c22-19(20-13-12-17-5-4-14-25-17)15-8-10-16(11-9-15)21-26(23,24)18-6-2-1-3-7-18/h1-11,14,21H,12-13H2,(H,20,22). The van der Waals surface area contributed by atoms with E-state index in [0.29, 0.717) is 17.8 Å². The number of thiophene rings is 1. The summed E-state index contributed by atoms with van der Waals surface area (Å²) in [6.45, 7) is 0.557. The fourth-order valence-electron chi connectivity index (χ4n) is 2.36. The van der Waals surface area contributed by atoms with Crippen molar-refractivity contribution < 1.29 is 13.2 Å². The second kappa shape index (κ2) is 8.16. The Bertz CT molecular complexity index is 952. The van der Waals surface area contributed by atoms with Crippen molar-refractivity contribution in [3.05, 3.63) is 82.6 Å². The molecule has 7 heteroatoms. The zero-order valence-electron chi connectivity index (χ0n) is 13.9. The highest BCUT2D eigenvalue weighted by Gasteiger charge is 2.13. The highest BCUT2D eigenvalue weighted by atomic mass is 32.2. The summed E-state index contributed by atoms with van der Waals surface area (Å²) in [6.07, 6.45) is 0.790. The third-order valence-corrected chi connectivity index (χ3v) is 6.02. The zero-order chi connectivity index (χ0) is 18.4. The molecule has 0 spiro atoms. The SMILES string of the molecule is O=C(NCCc1cccs1)c1ccc(NS(=O)(=O)c2ccccc2)cc1. The Balaban J connectivity index is 1.58. The lowest BCUT2D eigenvalue weighted by molar-refractivity contribution is 0.0954. The fourth-order valence-corrected chi connectivity index (χ4v) is 4.15. The molecule has 0 saturated heterocycles. The maximum absolute atomic E-state index is 12.3. The van der Waals surface area contributed by atoms with Gasteiger partial charge in [0.1, 0.15) is 0 Å². The van der Waals surface area contributed by atoms with Gasteiger partial charge in [0.15, 0.2) is 0 Å². The van der Waals surface area contributed by atoms with Crippen LogP contribution in [0.2, 0.25) is 0 Å². The molecule has 1 amide bonds. The number of benzene rings is 2. The summed E-state index contributed by atoms with van der Waals surface area (Å²) < 4.78 is 27.1. The summed E-state index contributed by atoms with van der Waals surface area (Å²) in [7, 11) is -3.64. The maximum Gasteiger partial charge on any atom is 0.261 e. The van der Waals surface area contributed by atoms with Crippen LogP contribution in [0.15, 0.2) is 77.0 Å². The van der Waals surface area contributed by atoms with Gasteiger partial charge in [-0.3, -0.25) is 9.52 Å². The van der Waals surface area contributed by atoms with E-state index in [1.807, 2.05) is 17.5 Å². The third-order valence-electron chi connectivity index (χ3n) is 3.69. The van der Waals surface area contributed by atoms with Crippen LogP contribution in [-0.4, -0.2) is 20.9 Å². The van der Waals surface area contributed by atoms with E-state index in [1.165, 1.54) is 17.0 Å². The molecule has 2 N–H and O–H groups in total. The molecule has 3 rings (SSSR count). The van der Waals surface area contributed by atoms with Crippen molar-refractivity contribution in [3.8, 4) is 0 Å². The van der Waals surface area contributed by atoms with E-state index in [-0.39, 0.29) is 10.8 Å². The number of carbonyl (C=O) groups is 1. The van der Waals surface area contributed by atoms with Crippen LogP contribution in [-0.2, 0) is 16.4 Å². The Kier molecular flexibility index (Phi) is 5.70. The van der Waals surface area contributed by atoms with Crippen LogP contribution in [0.3, 0.4) is 0 Å². The van der Waals surface area contributed by atoms with E-state index in [0.717, 1.165) is 6.42 Å². The van der Waals surface area contributed by atoms with Crippen molar-refractivity contribution in [3.63, 3.8) is 0 Å². The Morgan fingerprint density at radius 1 is 0.923 bits per heavy atom. The van der Waals surface area contributed by atoms with E-state index in [9.17, 15) is 13.2 Å². The van der Waals surface area contributed by atoms with Crippen LogP contribution in [0.25, 0.3) is 0 Å². The fraction of sp³-hybridized carbons (Fsp3) is 0.105. The lowest BCUT2D eigenvalue weighted by Crippen LogP contribution is -2.25. The van der Waals surface area contributed by atoms with E-state index in [2.05, 4.69) is 10.0 Å². The Morgan fingerprint density at radius 3 is 2.31 bits per heavy atom. The zero-order valence-corrected chi connectivity index (χ0v) is 15.5. The number of sulfonamides is 1. The van der Waals surface area contributed by atoms with Gasteiger partial charge in [0, 0.05) is 22.7 Å². The molecule has 0 saturated carbocycles. The van der Waals surface area contributed by atoms with Gasteiger partial charge < -0.3 is 5.32 Å². The molecule has 0 bridgehead atoms. The first-order chi connectivity index (χ1) is 12.5. The normalized spacial score (nSPS) is 11.1. The predicted octanol–water partition coefficient (Wildman–Crippen LogP) is 3.52. The number of hydrogen-bond donors (Lipinski definition) is 2. The first-order valence-corrected chi connectivity index (χ1v) is 10.4. The van der Waals surface area contributed by atoms with Gasteiger partial charge in [-0.1, -0.05) is 24.3 Å². The summed E-state index contributed by atoms with van der Waals surface area (Å²) in [5, 5.41) is 4.87. The van der Waals surface area contributed by atoms with E-state index >= 15 is 0 Å². The van der Waals surface area contributed by atoms with Crippen LogP contribution < -0.4 is 10.0 Å². The number of rotatable bonds is 7. The molecule has 5 nitrogen and oxygen atoms in total. The van der Waals surface area contributed by atoms with Gasteiger partial charge >= 0.3 is 0 Å². The Morgan fingerprint density at radius 2 is 1.65 bits per heavy atom. The molecule has 0 aliphatic rings. The highest BCUT2D eigenvalue weighted by molar-refractivity contribution is 7.92. The maximum atomic E-state index is 12.3. The smallest absolute Gasteiger partial charge is 0.261 e. The molecule has 1 heterocycles. The molecule has 3 aromatic rings. The summed E-state index contributed by atoms with van der Waals surface area (Å²) in [4.78, 5) is 13.6. The quantitative estimate of drug-likeness (QED) is 0.652. The van der Waals surface area contributed by atoms with Gasteiger partial charge in [-0.05, 0) is 54.3 Å². The van der Waals surface area contributed by atoms with E-state index in [1.54, 1.807) is 53.8 Å². The minimum atomic E-state index is -3.64. The number of nitrogens with one attached hydrogen (secondary N) is 2. The number of anilines is 1. The molecule has 134 valence electrons. The number of amides is 1. The molecule has 0 aliphatic carbocycles. The summed E-state index contributed by atoms with van der Waals surface area (Å²) in [5.74, 6) is -0.181. The molecule has 1 aromatic heterocycles. The first kappa shape index (κ1) is 18.2. The van der Waals surface area contributed by atoms with Gasteiger partial charge in [-0.2, -0.15) is 0 Å². The topological polar surface area (TPSA) is 75.3 Å². The Labute approximate surface area is 156 Å². The van der Waals surface area contributed by atoms with Crippen LogP contribution in [0.5, 0.6) is 0 Å². The van der Waals surface area contributed by atoms with Crippen molar-refractivity contribution in [2.75, 3.05) is 11.3 Å². The lowest BCUT2D eigenvalue weighted by Gasteiger charge is -2.09. The minimum absolute atomic E-state index is 0.181. The van der Waals surface area contributed by atoms with Crippen LogP contribution in [0.1, 0.15) is 15.2 Å². The molecular formula is C19H18N2O3S2. The van der Waals surface area contributed by atoms with Crippen LogP contribution >= 0.6 is 11.3 Å². The largest absolute Gasteiger partial charge is 0.352 e. The summed E-state index contributed by atoms with van der Waals surface area (Å²) in [6, 6.07) is 18.5. The van der Waals surface area contributed by atoms with Gasteiger partial charge in [-0.25, -0.2) is 8.42 Å². The van der Waals surface area contributed by atoms with Gasteiger partial charge in [0.05, 0.1) is 4.90 Å². The third kappa shape index (κ3) is 4.71. The molecular weight excluding hydrogens is 368 g/mol. The average molecular weight is 386 g/mol. The summed E-state index contributed by atoms with van der Waals surface area (Å²) >= 11 is 1.66. The van der Waals surface area contributed by atoms with Gasteiger partial charge in [0.2, 0.25) is 0 Å². The second-order valence-corrected chi connectivity index (χ2v) is 8.30. The van der Waals surface area contributed by atoms with E-state index in [4.69, 9.17) is 0 Å². The monoisotopic (exact) mass is 386 g/mol. The molecule has 0 atom stereocenters. The lowest BCUT2D eigenvalue weighted by atomic mass is 10.2. The van der Waals surface area contributed by atoms with Crippen LogP contribution in [0, 0.1) is 0 Å². The van der Waals surface area contributed by atoms with E-state index < -0.39 is 10.0 Å². The van der Waals surface area contributed by atoms with Gasteiger partial charge in [-0.15, -0.1) is 11.3 Å². The molecule has 0 aliphatic heterocycles. The summed E-state index contributed by atoms with van der Waals surface area (Å²) in [5.41, 5.74) is 0.892. The Hall–Kier alpha value is -2.64. The van der Waals surface area contributed by atoms with Crippen molar-refractivity contribution in [2.24, 2.45) is 0 Å². The first-order valence-electron chi connectivity index (χ1n) is 8.03. The van der Waals surface area contributed by atoms with Crippen molar-refractivity contribution in [2.45, 2.75) is 11.3 Å². The predicted molar refractivity (Wildman–Crippen MR) is 104 cm³/mol. The highest BCUT2D eigenvalue weighted by Crippen LogP contribution is 2.16. The van der Waals surface area contributed by atoms with Crippen molar-refractivity contribution in [1.29, 1.82) is 0 Å². The molecule has 26 heavy (non-hydrogen) atoms. The molecule has 0 fully saturated rings. The van der Waals surface area contributed by atoms with Crippen molar-refractivity contribution in [1.82, 2.24) is 5.32 Å². The number of hydrogen-bond acceptors (Lipinski definition) is 4. The second-order valence-electron chi connectivity index (χ2n) is 5.58. The molecule has 0 unspecified atom stereocenters. The molecule has 2 aromatic carbocycles.